The largest absolute Gasteiger partial charge is 0.325 e. The van der Waals surface area contributed by atoms with Gasteiger partial charge in [0.15, 0.2) is 5.82 Å². The summed E-state index contributed by atoms with van der Waals surface area (Å²) in [5.74, 6) is -0.797. The number of nitrogens with one attached hydrogen (secondary N) is 1. The van der Waals surface area contributed by atoms with Crippen LogP contribution in [0.3, 0.4) is 0 Å². The first kappa shape index (κ1) is 20.1. The lowest BCUT2D eigenvalue weighted by Gasteiger charge is -2.25. The number of halogens is 2. The van der Waals surface area contributed by atoms with Gasteiger partial charge in [-0.05, 0) is 43.5 Å². The molecule has 1 atom stereocenters. The maximum atomic E-state index is 14.4. The molecule has 132 valence electrons. The molecule has 0 bridgehead atoms. The molecule has 0 saturated carbocycles. The minimum Gasteiger partial charge on any atom is -0.325 e. The Morgan fingerprint density at radius 3 is 2.38 bits per heavy atom. The Hall–Kier alpha value is -1.92. The van der Waals surface area contributed by atoms with Gasteiger partial charge in [0.05, 0.1) is 11.7 Å². The van der Waals surface area contributed by atoms with Crippen LogP contribution >= 0.6 is 12.4 Å². The van der Waals surface area contributed by atoms with E-state index in [1.54, 1.807) is 12.1 Å². The summed E-state index contributed by atoms with van der Waals surface area (Å²) in [5, 5.41) is 6.92. The zero-order chi connectivity index (χ0) is 17.4. The van der Waals surface area contributed by atoms with Crippen LogP contribution in [0.2, 0.25) is 0 Å². The third kappa shape index (κ3) is 4.33. The number of amides is 1. The second-order valence-electron chi connectivity index (χ2n) is 6.84. The number of carbonyl (C=O) groups is 1. The van der Waals surface area contributed by atoms with Crippen LogP contribution < -0.4 is 11.1 Å². The van der Waals surface area contributed by atoms with Crippen LogP contribution in [0.15, 0.2) is 24.3 Å². The number of carbonyl (C=O) groups excluding carboxylic acids is 1. The van der Waals surface area contributed by atoms with E-state index in [0.717, 1.165) is 11.4 Å². The fourth-order valence-electron chi connectivity index (χ4n) is 2.24. The van der Waals surface area contributed by atoms with Crippen molar-refractivity contribution in [1.29, 1.82) is 0 Å². The third-order valence-electron chi connectivity index (χ3n) is 3.67. The Kier molecular flexibility index (Phi) is 6.14. The Balaban J connectivity index is 0.00000288. The van der Waals surface area contributed by atoms with Crippen molar-refractivity contribution >= 4 is 24.0 Å². The number of aromatic nitrogens is 2. The van der Waals surface area contributed by atoms with E-state index in [0.29, 0.717) is 11.4 Å². The smallest absolute Gasteiger partial charge is 0.241 e. The minimum absolute atomic E-state index is 0. The molecule has 0 aliphatic carbocycles. The van der Waals surface area contributed by atoms with Gasteiger partial charge < -0.3 is 11.1 Å². The first-order chi connectivity index (χ1) is 10.6. The fourth-order valence-corrected chi connectivity index (χ4v) is 2.24. The highest BCUT2D eigenvalue weighted by molar-refractivity contribution is 5.95. The van der Waals surface area contributed by atoms with Crippen LogP contribution in [0.4, 0.5) is 10.1 Å². The Labute approximate surface area is 147 Å². The van der Waals surface area contributed by atoms with Crippen molar-refractivity contribution in [2.75, 3.05) is 5.32 Å². The molecule has 0 unspecified atom stereocenters. The van der Waals surface area contributed by atoms with Gasteiger partial charge in [-0.2, -0.15) is 5.10 Å². The molecule has 0 fully saturated rings. The molecule has 0 saturated heterocycles. The van der Waals surface area contributed by atoms with Gasteiger partial charge in [0, 0.05) is 11.4 Å². The van der Waals surface area contributed by atoms with Crippen LogP contribution in [0.5, 0.6) is 0 Å². The number of hydrogen-bond acceptors (Lipinski definition) is 3. The molecule has 3 N–H and O–H groups in total. The van der Waals surface area contributed by atoms with Gasteiger partial charge in [0.25, 0.3) is 0 Å². The molecule has 2 rings (SSSR count). The van der Waals surface area contributed by atoms with E-state index in [9.17, 15) is 9.18 Å². The predicted octanol–water partition coefficient (Wildman–Crippen LogP) is 3.36. The first-order valence-corrected chi connectivity index (χ1v) is 7.49. The second-order valence-corrected chi connectivity index (χ2v) is 6.84. The van der Waals surface area contributed by atoms with E-state index in [4.69, 9.17) is 5.73 Å². The molecule has 1 amide bonds. The molecular formula is C17H24ClFN4O. The highest BCUT2D eigenvalue weighted by Crippen LogP contribution is 2.22. The molecule has 24 heavy (non-hydrogen) atoms. The van der Waals surface area contributed by atoms with Crippen molar-refractivity contribution < 1.29 is 9.18 Å². The Bertz CT molecular complexity index is 737. The quantitative estimate of drug-likeness (QED) is 0.887. The summed E-state index contributed by atoms with van der Waals surface area (Å²) in [5.41, 5.74) is 7.91. The van der Waals surface area contributed by atoms with E-state index in [-0.39, 0.29) is 23.7 Å². The molecule has 0 radical (unpaired) electrons. The molecule has 5 nitrogen and oxygen atoms in total. The zero-order valence-corrected chi connectivity index (χ0v) is 15.4. The number of nitrogens with zero attached hydrogens (tertiary/aromatic N) is 2. The van der Waals surface area contributed by atoms with E-state index in [2.05, 4.69) is 10.4 Å². The van der Waals surface area contributed by atoms with Gasteiger partial charge in [-0.1, -0.05) is 20.8 Å². The summed E-state index contributed by atoms with van der Waals surface area (Å²) in [6.45, 7) is 9.35. The molecule has 2 aromatic rings. The van der Waals surface area contributed by atoms with Gasteiger partial charge in [-0.15, -0.1) is 12.4 Å². The average molecular weight is 355 g/mol. The topological polar surface area (TPSA) is 72.9 Å². The first-order valence-electron chi connectivity index (χ1n) is 7.49. The van der Waals surface area contributed by atoms with Gasteiger partial charge in [0.1, 0.15) is 5.69 Å². The Morgan fingerprint density at radius 2 is 1.92 bits per heavy atom. The number of nitrogens with two attached hydrogens (primary N) is 1. The summed E-state index contributed by atoms with van der Waals surface area (Å²) in [6.07, 6.45) is 0. The highest BCUT2D eigenvalue weighted by atomic mass is 35.5. The van der Waals surface area contributed by atoms with Crippen molar-refractivity contribution in [3.05, 3.63) is 41.5 Å². The second kappa shape index (κ2) is 7.32. The van der Waals surface area contributed by atoms with Crippen LogP contribution in [0, 0.1) is 25.1 Å². The minimum atomic E-state index is -0.679. The molecule has 7 heteroatoms. The van der Waals surface area contributed by atoms with Gasteiger partial charge >= 0.3 is 0 Å². The monoisotopic (exact) mass is 354 g/mol. The summed E-state index contributed by atoms with van der Waals surface area (Å²) in [6, 6.07) is 5.70. The van der Waals surface area contributed by atoms with Crippen molar-refractivity contribution in [3.8, 4) is 5.69 Å². The van der Waals surface area contributed by atoms with Gasteiger partial charge in [-0.25, -0.2) is 9.07 Å². The lowest BCUT2D eigenvalue weighted by Crippen LogP contribution is -2.45. The number of aryl methyl sites for hydroxylation is 2. The standard InChI is InChI=1S/C17H23FN4O.ClH/c1-10-8-11(2)22(21-10)14-7-6-12(9-13(14)18)20-16(23)15(19)17(3,4)5;/h6-9,15H,19H2,1-5H3,(H,20,23);1H/t15-;/m1./s1. The molecule has 1 aromatic heterocycles. The predicted molar refractivity (Wildman–Crippen MR) is 96.3 cm³/mol. The van der Waals surface area contributed by atoms with Crippen molar-refractivity contribution in [2.24, 2.45) is 11.1 Å². The number of rotatable bonds is 3. The summed E-state index contributed by atoms with van der Waals surface area (Å²) in [4.78, 5) is 12.1. The maximum absolute atomic E-state index is 14.4. The van der Waals surface area contributed by atoms with E-state index < -0.39 is 11.9 Å². The molecular weight excluding hydrogens is 331 g/mol. The molecule has 1 heterocycles. The zero-order valence-electron chi connectivity index (χ0n) is 14.6. The van der Waals surface area contributed by atoms with Gasteiger partial charge in [0.2, 0.25) is 5.91 Å². The normalized spacial score (nSPS) is 12.5. The lowest BCUT2D eigenvalue weighted by atomic mass is 9.87. The van der Waals surface area contributed by atoms with E-state index >= 15 is 0 Å². The highest BCUT2D eigenvalue weighted by Gasteiger charge is 2.27. The Morgan fingerprint density at radius 1 is 1.29 bits per heavy atom. The van der Waals surface area contributed by atoms with Crippen molar-refractivity contribution in [2.45, 2.75) is 40.7 Å². The number of benzene rings is 1. The molecule has 1 aromatic carbocycles. The van der Waals surface area contributed by atoms with Crippen LogP contribution in [0.25, 0.3) is 5.69 Å². The van der Waals surface area contributed by atoms with Crippen LogP contribution in [0.1, 0.15) is 32.2 Å². The van der Waals surface area contributed by atoms with Crippen molar-refractivity contribution in [1.82, 2.24) is 9.78 Å². The third-order valence-corrected chi connectivity index (χ3v) is 3.67. The summed E-state index contributed by atoms with van der Waals surface area (Å²) < 4.78 is 15.9. The summed E-state index contributed by atoms with van der Waals surface area (Å²) >= 11 is 0. The fraction of sp³-hybridized carbons (Fsp3) is 0.412. The molecule has 0 spiro atoms. The number of hydrogen-bond donors (Lipinski definition) is 2. The SMILES string of the molecule is Cc1cc(C)n(-c2ccc(NC(=O)[C@@H](N)C(C)(C)C)cc2F)n1.Cl. The van der Waals surface area contributed by atoms with Crippen molar-refractivity contribution in [3.63, 3.8) is 0 Å². The number of anilines is 1. The summed E-state index contributed by atoms with van der Waals surface area (Å²) in [7, 11) is 0. The lowest BCUT2D eigenvalue weighted by molar-refractivity contribution is -0.119. The van der Waals surface area contributed by atoms with E-state index in [1.807, 2.05) is 40.7 Å². The average Bonchev–Trinajstić information content (AvgIpc) is 2.75. The molecule has 0 aliphatic rings. The molecule has 0 aliphatic heterocycles. The van der Waals surface area contributed by atoms with Gasteiger partial charge in [-0.3, -0.25) is 4.79 Å². The van der Waals surface area contributed by atoms with Crippen LogP contribution in [-0.4, -0.2) is 21.7 Å². The van der Waals surface area contributed by atoms with E-state index in [1.165, 1.54) is 10.7 Å². The van der Waals surface area contributed by atoms with Crippen LogP contribution in [-0.2, 0) is 4.79 Å². The maximum Gasteiger partial charge on any atom is 0.241 e.